The van der Waals surface area contributed by atoms with Crippen LogP contribution in [0.25, 0.3) is 0 Å². The number of nitrogens with zero attached hydrogens (tertiary/aromatic N) is 2. The predicted molar refractivity (Wildman–Crippen MR) is 86.4 cm³/mol. The Morgan fingerprint density at radius 3 is 2.50 bits per heavy atom. The predicted octanol–water partition coefficient (Wildman–Crippen LogP) is 1.15. The molecule has 9 heteroatoms. The maximum absolute atomic E-state index is 12.7. The molecule has 1 unspecified atom stereocenters. The highest BCUT2D eigenvalue weighted by atomic mass is 32.2. The Morgan fingerprint density at radius 2 is 2.00 bits per heavy atom. The Kier molecular flexibility index (Phi) is 4.95. The van der Waals surface area contributed by atoms with Crippen molar-refractivity contribution < 1.29 is 23.1 Å². The topological polar surface area (TPSA) is 111 Å². The maximum atomic E-state index is 12.7. The summed E-state index contributed by atoms with van der Waals surface area (Å²) in [5, 5.41) is 13.3. The van der Waals surface area contributed by atoms with E-state index in [4.69, 9.17) is 4.74 Å². The minimum absolute atomic E-state index is 0.00854. The van der Waals surface area contributed by atoms with Crippen molar-refractivity contribution in [2.45, 2.75) is 24.8 Å². The largest absolute Gasteiger partial charge is 0.496 e. The van der Waals surface area contributed by atoms with Crippen LogP contribution in [0.1, 0.15) is 22.9 Å². The van der Waals surface area contributed by atoms with E-state index in [9.17, 15) is 18.3 Å². The Labute approximate surface area is 140 Å². The second-order valence-electron chi connectivity index (χ2n) is 5.36. The van der Waals surface area contributed by atoms with Crippen LogP contribution in [-0.4, -0.2) is 36.4 Å². The van der Waals surface area contributed by atoms with Gasteiger partial charge in [0.2, 0.25) is 10.0 Å². The first-order chi connectivity index (χ1) is 11.2. The molecular weight excluding hydrogens is 334 g/mol. The number of ether oxygens (including phenoxy) is 1. The van der Waals surface area contributed by atoms with Crippen LogP contribution in [0.3, 0.4) is 0 Å². The van der Waals surface area contributed by atoms with Crippen molar-refractivity contribution in [1.82, 2.24) is 14.5 Å². The summed E-state index contributed by atoms with van der Waals surface area (Å²) in [6, 6.07) is 3.07. The Balaban J connectivity index is 2.45. The molecule has 1 aromatic heterocycles. The third-order valence-corrected chi connectivity index (χ3v) is 5.22. The fourth-order valence-corrected chi connectivity index (χ4v) is 3.87. The van der Waals surface area contributed by atoms with Crippen LogP contribution in [0.4, 0.5) is 0 Å². The number of hydrogen-bond donors (Lipinski definition) is 2. The number of carboxylic acids is 1. The fourth-order valence-electron chi connectivity index (χ4n) is 2.40. The number of methoxy groups -OCH3 is 1. The van der Waals surface area contributed by atoms with Crippen LogP contribution in [-0.2, 0) is 21.9 Å². The maximum Gasteiger partial charge on any atom is 0.327 e. The molecule has 0 aliphatic rings. The van der Waals surface area contributed by atoms with Crippen LogP contribution in [0, 0.1) is 13.8 Å². The molecular formula is C15H19N3O5S. The second-order valence-corrected chi connectivity index (χ2v) is 7.04. The quantitative estimate of drug-likeness (QED) is 0.806. The highest BCUT2D eigenvalue weighted by molar-refractivity contribution is 7.89. The molecule has 130 valence electrons. The SMILES string of the molecule is COc1cc(C)c(S(=O)(=O)NC(C(=O)O)c2ccnn2C)cc1C. The molecule has 24 heavy (non-hydrogen) atoms. The number of benzene rings is 1. The summed E-state index contributed by atoms with van der Waals surface area (Å²) in [7, 11) is -1.01. The average molecular weight is 353 g/mol. The first-order valence-electron chi connectivity index (χ1n) is 7.05. The smallest absolute Gasteiger partial charge is 0.327 e. The fraction of sp³-hybridized carbons (Fsp3) is 0.333. The molecule has 2 aromatic rings. The van der Waals surface area contributed by atoms with E-state index in [-0.39, 0.29) is 10.6 Å². The third-order valence-electron chi connectivity index (χ3n) is 3.66. The van der Waals surface area contributed by atoms with Gasteiger partial charge in [0.05, 0.1) is 17.7 Å². The third kappa shape index (κ3) is 3.41. The number of carboxylic acid groups (broad SMARTS) is 1. The van der Waals surface area contributed by atoms with Gasteiger partial charge in [-0.1, -0.05) is 0 Å². The lowest BCUT2D eigenvalue weighted by Crippen LogP contribution is -2.35. The summed E-state index contributed by atoms with van der Waals surface area (Å²) >= 11 is 0. The summed E-state index contributed by atoms with van der Waals surface area (Å²) < 4.78 is 34.1. The number of nitrogens with one attached hydrogen (secondary N) is 1. The molecule has 1 atom stereocenters. The summed E-state index contributed by atoms with van der Waals surface area (Å²) in [6.07, 6.45) is 1.41. The van der Waals surface area contributed by atoms with Crippen LogP contribution in [0.15, 0.2) is 29.3 Å². The van der Waals surface area contributed by atoms with Crippen LogP contribution in [0.5, 0.6) is 5.75 Å². The molecule has 2 rings (SSSR count). The van der Waals surface area contributed by atoms with Crippen LogP contribution < -0.4 is 9.46 Å². The van der Waals surface area contributed by atoms with Gasteiger partial charge in [0.1, 0.15) is 5.75 Å². The number of hydrogen-bond acceptors (Lipinski definition) is 5. The Hall–Kier alpha value is -2.39. The highest BCUT2D eigenvalue weighted by Gasteiger charge is 2.30. The van der Waals surface area contributed by atoms with Crippen LogP contribution >= 0.6 is 0 Å². The molecule has 1 heterocycles. The summed E-state index contributed by atoms with van der Waals surface area (Å²) in [5.41, 5.74) is 1.32. The lowest BCUT2D eigenvalue weighted by atomic mass is 10.1. The lowest BCUT2D eigenvalue weighted by Gasteiger charge is -2.17. The number of carbonyl (C=O) groups is 1. The minimum atomic E-state index is -4.05. The van der Waals surface area contributed by atoms with E-state index < -0.39 is 22.0 Å². The number of sulfonamides is 1. The van der Waals surface area contributed by atoms with E-state index in [0.29, 0.717) is 16.9 Å². The molecule has 0 amide bonds. The van der Waals surface area contributed by atoms with Gasteiger partial charge in [0, 0.05) is 13.2 Å². The molecule has 0 saturated carbocycles. The van der Waals surface area contributed by atoms with Gasteiger partial charge in [-0.05, 0) is 43.2 Å². The van der Waals surface area contributed by atoms with Crippen molar-refractivity contribution in [2.75, 3.05) is 7.11 Å². The van der Waals surface area contributed by atoms with Gasteiger partial charge >= 0.3 is 5.97 Å². The zero-order valence-electron chi connectivity index (χ0n) is 13.8. The molecule has 0 fully saturated rings. The first kappa shape index (κ1) is 18.0. The van der Waals surface area contributed by atoms with Gasteiger partial charge in [0.15, 0.2) is 6.04 Å². The molecule has 0 radical (unpaired) electrons. The van der Waals surface area contributed by atoms with Crippen molar-refractivity contribution in [3.05, 3.63) is 41.2 Å². The Bertz CT molecular complexity index is 873. The van der Waals surface area contributed by atoms with E-state index in [0.717, 1.165) is 0 Å². The monoisotopic (exact) mass is 353 g/mol. The van der Waals surface area contributed by atoms with Crippen molar-refractivity contribution in [2.24, 2.45) is 7.05 Å². The van der Waals surface area contributed by atoms with Gasteiger partial charge in [-0.25, -0.2) is 8.42 Å². The van der Waals surface area contributed by atoms with Crippen molar-refractivity contribution in [1.29, 1.82) is 0 Å². The Morgan fingerprint density at radius 1 is 1.33 bits per heavy atom. The van der Waals surface area contributed by atoms with Gasteiger partial charge < -0.3 is 9.84 Å². The number of rotatable bonds is 6. The summed E-state index contributed by atoms with van der Waals surface area (Å²) in [5.74, 6) is -0.752. The van der Waals surface area contributed by atoms with Crippen molar-refractivity contribution in [3.63, 3.8) is 0 Å². The molecule has 0 spiro atoms. The first-order valence-corrected chi connectivity index (χ1v) is 8.54. The van der Waals surface area contributed by atoms with E-state index in [1.165, 1.54) is 30.1 Å². The molecule has 2 N–H and O–H groups in total. The van der Waals surface area contributed by atoms with E-state index in [2.05, 4.69) is 9.82 Å². The second kappa shape index (κ2) is 6.62. The standard InChI is InChI=1S/C15H19N3O5S/c1-9-8-13(10(2)7-12(9)23-4)24(21,22)17-14(15(19)20)11-5-6-16-18(11)3/h5-8,14,17H,1-4H3,(H,19,20). The lowest BCUT2D eigenvalue weighted by molar-refractivity contribution is -0.139. The molecule has 0 saturated heterocycles. The van der Waals surface area contributed by atoms with Crippen LogP contribution in [0.2, 0.25) is 0 Å². The summed E-state index contributed by atoms with van der Waals surface area (Å²) in [6.45, 7) is 3.34. The molecule has 0 aliphatic carbocycles. The van der Waals surface area contributed by atoms with Crippen molar-refractivity contribution in [3.8, 4) is 5.75 Å². The van der Waals surface area contributed by atoms with E-state index in [1.54, 1.807) is 27.0 Å². The van der Waals surface area contributed by atoms with Gasteiger partial charge in [0.25, 0.3) is 0 Å². The highest BCUT2D eigenvalue weighted by Crippen LogP contribution is 2.26. The molecule has 8 nitrogen and oxygen atoms in total. The van der Waals surface area contributed by atoms with Gasteiger partial charge in [-0.2, -0.15) is 9.82 Å². The zero-order chi connectivity index (χ0) is 18.1. The minimum Gasteiger partial charge on any atom is -0.496 e. The zero-order valence-corrected chi connectivity index (χ0v) is 14.6. The molecule has 0 bridgehead atoms. The number of aryl methyl sites for hydroxylation is 3. The van der Waals surface area contributed by atoms with Gasteiger partial charge in [-0.3, -0.25) is 9.48 Å². The normalized spacial score (nSPS) is 12.8. The molecule has 0 aliphatic heterocycles. The number of aromatic nitrogens is 2. The van der Waals surface area contributed by atoms with E-state index in [1.807, 2.05) is 0 Å². The summed E-state index contributed by atoms with van der Waals surface area (Å²) in [4.78, 5) is 11.5. The van der Waals surface area contributed by atoms with E-state index >= 15 is 0 Å². The van der Waals surface area contributed by atoms with Gasteiger partial charge in [-0.15, -0.1) is 0 Å². The van der Waals surface area contributed by atoms with Crippen molar-refractivity contribution >= 4 is 16.0 Å². The average Bonchev–Trinajstić information content (AvgIpc) is 2.92. The number of aliphatic carboxylic acids is 1. The molecule has 1 aromatic carbocycles.